The SMILES string of the molecule is CNCC(=O)OC[C@@H]1CC(c2ccc(-c3ccc(N4C[C@H](Cn5ccnn5)OC4=O)cc3F)cn2)=NO1.O=C1O[C@@H](Cn2ccnn2)CN1c1ccc(-c2ccc(C3=NO[C@H](CO)C3)nc2)c(F)c1. The number of halogens is 2. The lowest BCUT2D eigenvalue weighted by atomic mass is 10.0. The van der Waals surface area contributed by atoms with Gasteiger partial charge >= 0.3 is 18.2 Å². The van der Waals surface area contributed by atoms with Crippen LogP contribution in [0.5, 0.6) is 0 Å². The van der Waals surface area contributed by atoms with Gasteiger partial charge in [-0.1, -0.05) is 32.9 Å². The molecule has 356 valence electrons. The zero-order chi connectivity index (χ0) is 47.9. The topological polar surface area (TPSA) is 248 Å². The second-order valence-electron chi connectivity index (χ2n) is 16.0. The van der Waals surface area contributed by atoms with Crippen LogP contribution >= 0.6 is 0 Å². The van der Waals surface area contributed by atoms with E-state index >= 15 is 4.39 Å². The number of esters is 1. The summed E-state index contributed by atoms with van der Waals surface area (Å²) in [5, 5.41) is 35.0. The first-order valence-corrected chi connectivity index (χ1v) is 21.6. The number of carbonyl (C=O) groups excluding carboxylic acids is 3. The van der Waals surface area contributed by atoms with E-state index in [4.69, 9.17) is 29.0 Å². The Labute approximate surface area is 391 Å². The van der Waals surface area contributed by atoms with Crippen LogP contribution in [0.1, 0.15) is 24.2 Å². The van der Waals surface area contributed by atoms with Gasteiger partial charge in [-0.25, -0.2) is 27.7 Å². The Morgan fingerprint density at radius 3 is 1.65 bits per heavy atom. The molecule has 4 atom stereocenters. The molecule has 2 aromatic carbocycles. The number of hydrogen-bond acceptors (Lipinski definition) is 18. The lowest BCUT2D eigenvalue weighted by molar-refractivity contribution is -0.146. The third-order valence-corrected chi connectivity index (χ3v) is 11.2. The summed E-state index contributed by atoms with van der Waals surface area (Å²) in [7, 11) is 1.66. The smallest absolute Gasteiger partial charge is 0.414 e. The van der Waals surface area contributed by atoms with E-state index in [0.29, 0.717) is 82.4 Å². The van der Waals surface area contributed by atoms with Crippen molar-refractivity contribution in [2.24, 2.45) is 10.3 Å². The number of cyclic esters (lactones) is 2. The summed E-state index contributed by atoms with van der Waals surface area (Å²) < 4.78 is 49.0. The van der Waals surface area contributed by atoms with Gasteiger partial charge in [-0.3, -0.25) is 24.6 Å². The maximum Gasteiger partial charge on any atom is 0.414 e. The highest BCUT2D eigenvalue weighted by atomic mass is 19.1. The number of hydrogen-bond donors (Lipinski definition) is 2. The molecule has 24 heteroatoms. The minimum absolute atomic E-state index is 0.0922. The average Bonchev–Trinajstić information content (AvgIpc) is 4.23. The van der Waals surface area contributed by atoms with Gasteiger partial charge in [0, 0.05) is 59.9 Å². The van der Waals surface area contributed by atoms with Crippen LogP contribution in [-0.4, -0.2) is 139 Å². The van der Waals surface area contributed by atoms with Crippen molar-refractivity contribution < 1.29 is 52.2 Å². The first kappa shape index (κ1) is 45.9. The molecule has 0 aliphatic carbocycles. The number of amides is 2. The Hall–Kier alpha value is -8.25. The average molecular weight is 948 g/mol. The molecule has 0 spiro atoms. The molecule has 8 heterocycles. The van der Waals surface area contributed by atoms with Crippen molar-refractivity contribution in [2.75, 3.05) is 49.7 Å². The fraction of sp³-hybridized carbons (Fsp3) is 0.311. The first-order chi connectivity index (χ1) is 33.6. The van der Waals surface area contributed by atoms with Gasteiger partial charge in [0.25, 0.3) is 0 Å². The van der Waals surface area contributed by atoms with Gasteiger partial charge in [0.1, 0.15) is 41.9 Å². The van der Waals surface area contributed by atoms with E-state index in [1.54, 1.807) is 102 Å². The number of anilines is 2. The quantitative estimate of drug-likeness (QED) is 0.110. The number of ether oxygens (including phenoxy) is 3. The number of aliphatic hydroxyl groups excluding tert-OH is 1. The summed E-state index contributed by atoms with van der Waals surface area (Å²) in [5.74, 6) is -1.35. The zero-order valence-electron chi connectivity index (χ0n) is 36.7. The molecule has 4 aliphatic rings. The monoisotopic (exact) mass is 947 g/mol. The number of likely N-dealkylation sites (N-methyl/N-ethyl adjacent to an activating group) is 1. The van der Waals surface area contributed by atoms with E-state index in [2.05, 4.69) is 46.2 Å². The van der Waals surface area contributed by atoms with Crippen LogP contribution in [0.4, 0.5) is 29.7 Å². The van der Waals surface area contributed by atoms with Crippen molar-refractivity contribution in [3.05, 3.63) is 121 Å². The zero-order valence-corrected chi connectivity index (χ0v) is 36.7. The third-order valence-electron chi connectivity index (χ3n) is 11.2. The molecule has 2 fully saturated rings. The van der Waals surface area contributed by atoms with Gasteiger partial charge < -0.3 is 34.3 Å². The van der Waals surface area contributed by atoms with Crippen LogP contribution in [-0.2, 0) is 41.8 Å². The molecule has 2 saturated heterocycles. The Morgan fingerprint density at radius 1 is 0.725 bits per heavy atom. The molecule has 4 aliphatic heterocycles. The fourth-order valence-corrected chi connectivity index (χ4v) is 7.72. The standard InChI is InChI=1S/C24H24FN7O5.C21H19FN6O4/c1-26-11-23(33)35-14-17-9-22(29-37-17)21-5-2-15(10-27-21)19-4-3-16(8-20(19)25)32-13-18(36-24(32)34)12-31-7-6-28-30-31;22-18-7-14(28-11-16(31-21(28)30)10-27-6-5-24-26-27)2-3-17(18)13-1-4-19(23-9-13)20-8-15(12-29)32-25-20/h2-8,10,17-18,26H,9,11-14H2,1H3;1-7,9,15-16,29H,8,10-12H2/t17-,18-;15-,16-/m00/s1. The molecule has 0 radical (unpaired) electrons. The minimum atomic E-state index is -0.544. The summed E-state index contributed by atoms with van der Waals surface area (Å²) in [6.07, 6.45) is 7.82. The maximum absolute atomic E-state index is 15.1. The maximum atomic E-state index is 15.1. The van der Waals surface area contributed by atoms with E-state index in [1.165, 1.54) is 21.9 Å². The number of nitrogens with one attached hydrogen (secondary N) is 1. The van der Waals surface area contributed by atoms with Crippen molar-refractivity contribution in [1.82, 2.24) is 45.3 Å². The van der Waals surface area contributed by atoms with E-state index < -0.39 is 36.0 Å². The second-order valence-corrected chi connectivity index (χ2v) is 16.0. The number of oxime groups is 2. The lowest BCUT2D eigenvalue weighted by Crippen LogP contribution is -2.26. The predicted octanol–water partition coefficient (Wildman–Crippen LogP) is 3.75. The molecule has 2 N–H and O–H groups in total. The van der Waals surface area contributed by atoms with Crippen molar-refractivity contribution in [3.63, 3.8) is 0 Å². The molecule has 0 unspecified atom stereocenters. The van der Waals surface area contributed by atoms with Crippen molar-refractivity contribution in [1.29, 1.82) is 0 Å². The third kappa shape index (κ3) is 10.8. The summed E-state index contributed by atoms with van der Waals surface area (Å²) in [5.41, 5.74) is 5.12. The summed E-state index contributed by atoms with van der Waals surface area (Å²) >= 11 is 0. The summed E-state index contributed by atoms with van der Waals surface area (Å²) in [6.45, 7) is 1.38. The molecule has 69 heavy (non-hydrogen) atoms. The number of rotatable bonds is 15. The largest absolute Gasteiger partial charge is 0.461 e. The lowest BCUT2D eigenvalue weighted by Gasteiger charge is -2.14. The highest BCUT2D eigenvalue weighted by Gasteiger charge is 2.35. The number of carbonyl (C=O) groups is 3. The van der Waals surface area contributed by atoms with E-state index in [0.717, 1.165) is 0 Å². The first-order valence-electron chi connectivity index (χ1n) is 21.6. The predicted molar refractivity (Wildman–Crippen MR) is 239 cm³/mol. The second kappa shape index (κ2) is 20.7. The van der Waals surface area contributed by atoms with Gasteiger partial charge in [-0.05, 0) is 55.6 Å². The Balaban J connectivity index is 0.000000174. The van der Waals surface area contributed by atoms with Crippen LogP contribution in [0.2, 0.25) is 0 Å². The fourth-order valence-electron chi connectivity index (χ4n) is 7.72. The van der Waals surface area contributed by atoms with Crippen LogP contribution in [0.3, 0.4) is 0 Å². The molecule has 22 nitrogen and oxygen atoms in total. The Morgan fingerprint density at radius 2 is 1.23 bits per heavy atom. The summed E-state index contributed by atoms with van der Waals surface area (Å²) in [4.78, 5) is 58.1. The Bertz CT molecular complexity index is 2830. The number of pyridine rings is 2. The van der Waals surface area contributed by atoms with Crippen molar-refractivity contribution in [2.45, 2.75) is 50.3 Å². The van der Waals surface area contributed by atoms with Gasteiger partial charge in [-0.2, -0.15) is 0 Å². The van der Waals surface area contributed by atoms with Crippen LogP contribution in [0.15, 0.2) is 108 Å². The number of aliphatic hydroxyl groups is 1. The molecule has 0 bridgehead atoms. The number of benzene rings is 2. The van der Waals surface area contributed by atoms with Crippen molar-refractivity contribution >= 4 is 41.0 Å². The van der Waals surface area contributed by atoms with Crippen LogP contribution < -0.4 is 15.1 Å². The van der Waals surface area contributed by atoms with Crippen LogP contribution in [0, 0.1) is 11.6 Å². The molecule has 6 aromatic rings. The number of aromatic nitrogens is 8. The molecular weight excluding hydrogens is 905 g/mol. The summed E-state index contributed by atoms with van der Waals surface area (Å²) in [6, 6.07) is 16.1. The van der Waals surface area contributed by atoms with E-state index in [9.17, 15) is 18.8 Å². The normalized spacial score (nSPS) is 19.5. The van der Waals surface area contributed by atoms with Crippen LogP contribution in [0.25, 0.3) is 22.3 Å². The van der Waals surface area contributed by atoms with Gasteiger partial charge in [0.15, 0.2) is 12.2 Å². The van der Waals surface area contributed by atoms with Crippen molar-refractivity contribution in [3.8, 4) is 22.3 Å². The van der Waals surface area contributed by atoms with E-state index in [1.807, 2.05) is 0 Å². The molecule has 4 aromatic heterocycles. The van der Waals surface area contributed by atoms with E-state index in [-0.39, 0.29) is 51.0 Å². The molecule has 0 saturated carbocycles. The molecular formula is C45H43F2N13O9. The molecule has 2 amide bonds. The minimum Gasteiger partial charge on any atom is -0.461 e. The molecule has 10 rings (SSSR count). The highest BCUT2D eigenvalue weighted by Crippen LogP contribution is 2.31. The Kier molecular flexibility index (Phi) is 13.8. The van der Waals surface area contributed by atoms with Gasteiger partial charge in [-0.15, -0.1) is 10.2 Å². The van der Waals surface area contributed by atoms with Gasteiger partial charge in [0.05, 0.1) is 74.5 Å². The highest BCUT2D eigenvalue weighted by molar-refractivity contribution is 6.00. The van der Waals surface area contributed by atoms with Gasteiger partial charge in [0.2, 0.25) is 0 Å². The number of nitrogens with zero attached hydrogens (tertiary/aromatic N) is 12.